The quantitative estimate of drug-likeness (QED) is 0.607. The van der Waals surface area contributed by atoms with Crippen LogP contribution in [0.15, 0.2) is 12.4 Å². The molecule has 0 radical (unpaired) electrons. The van der Waals surface area contributed by atoms with Crippen LogP contribution in [0.3, 0.4) is 0 Å². The van der Waals surface area contributed by atoms with Crippen LogP contribution in [0.4, 0.5) is 0 Å². The smallest absolute Gasteiger partial charge is 0.123 e. The molecule has 0 bridgehead atoms. The average Bonchev–Trinajstić information content (AvgIpc) is 2.86. The summed E-state index contributed by atoms with van der Waals surface area (Å²) in [6, 6.07) is 0.389. The number of hydrogen-bond donors (Lipinski definition) is 2. The molecule has 0 aliphatic rings. The molecule has 0 amide bonds. The molecule has 3 heteroatoms. The minimum absolute atomic E-state index is 0.389. The van der Waals surface area contributed by atoms with E-state index in [1.165, 1.54) is 51.4 Å². The lowest BCUT2D eigenvalue weighted by molar-refractivity contribution is 0.481. The summed E-state index contributed by atoms with van der Waals surface area (Å²) in [6.07, 6.45) is 14.5. The van der Waals surface area contributed by atoms with Gasteiger partial charge in [0.1, 0.15) is 5.82 Å². The minimum Gasteiger partial charge on any atom is -0.347 e. The average molecular weight is 237 g/mol. The fraction of sp³-hybridized carbons (Fsp3) is 0.786. The van der Waals surface area contributed by atoms with Crippen LogP contribution < -0.4 is 5.32 Å². The molecule has 1 heterocycles. The summed E-state index contributed by atoms with van der Waals surface area (Å²) >= 11 is 0. The molecule has 2 N–H and O–H groups in total. The lowest BCUT2D eigenvalue weighted by Crippen LogP contribution is -2.17. The molecule has 0 fully saturated rings. The van der Waals surface area contributed by atoms with E-state index in [-0.39, 0.29) is 0 Å². The van der Waals surface area contributed by atoms with E-state index in [0.717, 1.165) is 5.82 Å². The summed E-state index contributed by atoms with van der Waals surface area (Å²) in [7, 11) is 2.01. The number of H-pyrrole nitrogens is 1. The molecule has 0 aliphatic carbocycles. The molecule has 1 rings (SSSR count). The Morgan fingerprint density at radius 1 is 1.18 bits per heavy atom. The van der Waals surface area contributed by atoms with Crippen molar-refractivity contribution < 1.29 is 0 Å². The lowest BCUT2D eigenvalue weighted by atomic mass is 10.0. The van der Waals surface area contributed by atoms with E-state index >= 15 is 0 Å². The van der Waals surface area contributed by atoms with Gasteiger partial charge in [0, 0.05) is 12.4 Å². The Morgan fingerprint density at radius 3 is 2.47 bits per heavy atom. The number of hydrogen-bond acceptors (Lipinski definition) is 2. The minimum atomic E-state index is 0.389. The van der Waals surface area contributed by atoms with Gasteiger partial charge >= 0.3 is 0 Å². The molecule has 98 valence electrons. The monoisotopic (exact) mass is 237 g/mol. The number of rotatable bonds is 10. The highest BCUT2D eigenvalue weighted by Gasteiger charge is 2.10. The van der Waals surface area contributed by atoms with Gasteiger partial charge in [0.15, 0.2) is 0 Å². The van der Waals surface area contributed by atoms with Gasteiger partial charge in [-0.1, -0.05) is 51.9 Å². The molecular weight excluding hydrogens is 210 g/mol. The van der Waals surface area contributed by atoms with Gasteiger partial charge in [-0.15, -0.1) is 0 Å². The maximum absolute atomic E-state index is 4.31. The second-order valence-electron chi connectivity index (χ2n) is 4.73. The summed E-state index contributed by atoms with van der Waals surface area (Å²) < 4.78 is 0. The summed E-state index contributed by atoms with van der Waals surface area (Å²) in [5, 5.41) is 3.32. The van der Waals surface area contributed by atoms with Crippen LogP contribution in [0.25, 0.3) is 0 Å². The summed E-state index contributed by atoms with van der Waals surface area (Å²) in [5.41, 5.74) is 0. The first kappa shape index (κ1) is 14.2. The van der Waals surface area contributed by atoms with Crippen LogP contribution in [0, 0.1) is 0 Å². The summed E-state index contributed by atoms with van der Waals surface area (Å²) in [6.45, 7) is 2.26. The van der Waals surface area contributed by atoms with Crippen molar-refractivity contribution in [3.8, 4) is 0 Å². The van der Waals surface area contributed by atoms with E-state index in [0.29, 0.717) is 6.04 Å². The predicted octanol–water partition coefficient (Wildman–Crippen LogP) is 3.81. The Balaban J connectivity index is 2.04. The first-order valence-electron chi connectivity index (χ1n) is 7.05. The number of imidazole rings is 1. The van der Waals surface area contributed by atoms with Crippen LogP contribution in [-0.4, -0.2) is 17.0 Å². The van der Waals surface area contributed by atoms with Crippen molar-refractivity contribution in [2.75, 3.05) is 7.05 Å². The first-order valence-corrected chi connectivity index (χ1v) is 7.05. The molecule has 1 aromatic rings. The Morgan fingerprint density at radius 2 is 1.88 bits per heavy atom. The third-order valence-electron chi connectivity index (χ3n) is 3.29. The molecule has 0 aliphatic heterocycles. The van der Waals surface area contributed by atoms with Crippen molar-refractivity contribution in [3.05, 3.63) is 18.2 Å². The van der Waals surface area contributed by atoms with E-state index in [9.17, 15) is 0 Å². The zero-order chi connectivity index (χ0) is 12.3. The second kappa shape index (κ2) is 9.23. The van der Waals surface area contributed by atoms with Gasteiger partial charge < -0.3 is 10.3 Å². The zero-order valence-corrected chi connectivity index (χ0v) is 11.3. The van der Waals surface area contributed by atoms with Crippen LogP contribution in [-0.2, 0) is 0 Å². The van der Waals surface area contributed by atoms with Crippen LogP contribution >= 0.6 is 0 Å². The highest BCUT2D eigenvalue weighted by atomic mass is 15.0. The highest BCUT2D eigenvalue weighted by molar-refractivity contribution is 4.94. The normalized spacial score (nSPS) is 12.8. The van der Waals surface area contributed by atoms with E-state index in [1.54, 1.807) is 0 Å². The number of aromatic amines is 1. The third-order valence-corrected chi connectivity index (χ3v) is 3.29. The first-order chi connectivity index (χ1) is 8.38. The van der Waals surface area contributed by atoms with Crippen LogP contribution in [0.2, 0.25) is 0 Å². The van der Waals surface area contributed by atoms with Gasteiger partial charge in [0.25, 0.3) is 0 Å². The van der Waals surface area contributed by atoms with Crippen molar-refractivity contribution in [3.63, 3.8) is 0 Å². The Bertz CT molecular complexity index is 256. The number of nitrogens with one attached hydrogen (secondary N) is 2. The molecule has 17 heavy (non-hydrogen) atoms. The SMILES string of the molecule is CCCCCCCCCC(NC)c1ncc[nH]1. The van der Waals surface area contributed by atoms with Crippen molar-refractivity contribution in [2.45, 2.75) is 64.3 Å². The molecule has 0 spiro atoms. The van der Waals surface area contributed by atoms with E-state index in [1.807, 2.05) is 19.4 Å². The van der Waals surface area contributed by atoms with Crippen LogP contribution in [0.5, 0.6) is 0 Å². The molecule has 1 atom stereocenters. The van der Waals surface area contributed by atoms with E-state index in [2.05, 4.69) is 22.2 Å². The largest absolute Gasteiger partial charge is 0.347 e. The lowest BCUT2D eigenvalue weighted by Gasteiger charge is -2.13. The predicted molar refractivity (Wildman–Crippen MR) is 73.0 cm³/mol. The second-order valence-corrected chi connectivity index (χ2v) is 4.73. The standard InChI is InChI=1S/C14H27N3/c1-3-4-5-6-7-8-9-10-13(15-2)14-16-11-12-17-14/h11-13,15H,3-10H2,1-2H3,(H,16,17). The Labute approximate surface area is 105 Å². The molecule has 1 unspecified atom stereocenters. The fourth-order valence-corrected chi connectivity index (χ4v) is 2.19. The van der Waals surface area contributed by atoms with Crippen molar-refractivity contribution in [2.24, 2.45) is 0 Å². The van der Waals surface area contributed by atoms with E-state index < -0.39 is 0 Å². The Kier molecular flexibility index (Phi) is 7.72. The highest BCUT2D eigenvalue weighted by Crippen LogP contribution is 2.16. The van der Waals surface area contributed by atoms with Gasteiger partial charge in [-0.05, 0) is 13.5 Å². The maximum Gasteiger partial charge on any atom is 0.123 e. The number of aromatic nitrogens is 2. The van der Waals surface area contributed by atoms with Crippen molar-refractivity contribution in [1.82, 2.24) is 15.3 Å². The van der Waals surface area contributed by atoms with Crippen molar-refractivity contribution in [1.29, 1.82) is 0 Å². The third kappa shape index (κ3) is 5.87. The number of unbranched alkanes of at least 4 members (excludes halogenated alkanes) is 6. The van der Waals surface area contributed by atoms with Crippen molar-refractivity contribution >= 4 is 0 Å². The summed E-state index contributed by atoms with van der Waals surface area (Å²) in [5.74, 6) is 1.07. The summed E-state index contributed by atoms with van der Waals surface area (Å²) in [4.78, 5) is 7.49. The van der Waals surface area contributed by atoms with Gasteiger partial charge in [0.05, 0.1) is 6.04 Å². The molecule has 3 nitrogen and oxygen atoms in total. The van der Waals surface area contributed by atoms with Gasteiger partial charge in [-0.25, -0.2) is 4.98 Å². The molecule has 0 saturated heterocycles. The van der Waals surface area contributed by atoms with Gasteiger partial charge in [-0.2, -0.15) is 0 Å². The fourth-order valence-electron chi connectivity index (χ4n) is 2.19. The maximum atomic E-state index is 4.31. The van der Waals surface area contributed by atoms with Gasteiger partial charge in [-0.3, -0.25) is 0 Å². The molecular formula is C14H27N3. The molecule has 0 saturated carbocycles. The number of nitrogens with zero attached hydrogens (tertiary/aromatic N) is 1. The van der Waals surface area contributed by atoms with Gasteiger partial charge in [0.2, 0.25) is 0 Å². The topological polar surface area (TPSA) is 40.7 Å². The van der Waals surface area contributed by atoms with Crippen LogP contribution in [0.1, 0.15) is 70.2 Å². The van der Waals surface area contributed by atoms with E-state index in [4.69, 9.17) is 0 Å². The Hall–Kier alpha value is -0.830. The molecule has 1 aromatic heterocycles. The zero-order valence-electron chi connectivity index (χ0n) is 11.3. The molecule has 0 aromatic carbocycles.